The number of carbonyl (C=O) groups excluding carboxylic acids is 1. The summed E-state index contributed by atoms with van der Waals surface area (Å²) in [5, 5.41) is 5.05. The Hall–Kier alpha value is -2.35. The summed E-state index contributed by atoms with van der Waals surface area (Å²) >= 11 is 13.3. The van der Waals surface area contributed by atoms with Crippen LogP contribution in [0.5, 0.6) is 0 Å². The molecule has 4 rings (SSSR count). The maximum atomic E-state index is 13.0. The van der Waals surface area contributed by atoms with Crippen LogP contribution in [0.1, 0.15) is 15.4 Å². The Kier molecular flexibility index (Phi) is 5.89. The number of aryl methyl sites for hydroxylation is 1. The van der Waals surface area contributed by atoms with Crippen molar-refractivity contribution < 1.29 is 4.79 Å². The van der Waals surface area contributed by atoms with Gasteiger partial charge in [-0.25, -0.2) is 9.97 Å². The maximum Gasteiger partial charge on any atom is 0.266 e. The van der Waals surface area contributed by atoms with E-state index in [1.165, 1.54) is 11.3 Å². The first-order valence-corrected chi connectivity index (χ1v) is 10.7. The monoisotopic (exact) mass is 447 g/mol. The number of nitrogens with one attached hydrogen (secondary N) is 1. The summed E-state index contributed by atoms with van der Waals surface area (Å²) in [6.07, 6.45) is 1.57. The van der Waals surface area contributed by atoms with Gasteiger partial charge in [0.2, 0.25) is 0 Å². The van der Waals surface area contributed by atoms with E-state index in [1.54, 1.807) is 18.3 Å². The second-order valence-electron chi connectivity index (χ2n) is 6.68. The van der Waals surface area contributed by atoms with Crippen molar-refractivity contribution in [2.24, 2.45) is 0 Å². The Morgan fingerprint density at radius 1 is 1.10 bits per heavy atom. The highest BCUT2D eigenvalue weighted by Gasteiger charge is 2.25. The van der Waals surface area contributed by atoms with Crippen LogP contribution in [-0.4, -0.2) is 47.0 Å². The van der Waals surface area contributed by atoms with Crippen molar-refractivity contribution >= 4 is 57.1 Å². The van der Waals surface area contributed by atoms with E-state index in [-0.39, 0.29) is 5.91 Å². The van der Waals surface area contributed by atoms with Gasteiger partial charge in [0.25, 0.3) is 5.91 Å². The second-order valence-corrected chi connectivity index (χ2v) is 8.55. The molecule has 9 heteroatoms. The number of piperazine rings is 1. The molecule has 150 valence electrons. The van der Waals surface area contributed by atoms with Crippen molar-refractivity contribution in [2.75, 3.05) is 36.4 Å². The molecule has 2 aromatic heterocycles. The van der Waals surface area contributed by atoms with E-state index in [9.17, 15) is 4.79 Å². The minimum atomic E-state index is 0.0165. The Bertz CT molecular complexity index is 1020. The summed E-state index contributed by atoms with van der Waals surface area (Å²) < 4.78 is 0. The number of hydrogen-bond donors (Lipinski definition) is 1. The van der Waals surface area contributed by atoms with Gasteiger partial charge < -0.3 is 15.1 Å². The molecule has 1 N–H and O–H groups in total. The molecule has 0 spiro atoms. The molecule has 3 heterocycles. The van der Waals surface area contributed by atoms with Crippen molar-refractivity contribution in [2.45, 2.75) is 6.92 Å². The first-order chi connectivity index (χ1) is 14.0. The highest BCUT2D eigenvalue weighted by Crippen LogP contribution is 2.27. The number of rotatable bonds is 4. The molecule has 0 aliphatic carbocycles. The van der Waals surface area contributed by atoms with Crippen LogP contribution in [0.15, 0.2) is 42.6 Å². The Morgan fingerprint density at radius 3 is 2.59 bits per heavy atom. The summed E-state index contributed by atoms with van der Waals surface area (Å²) in [6, 6.07) is 11.3. The molecule has 6 nitrogen and oxygen atoms in total. The zero-order valence-corrected chi connectivity index (χ0v) is 18.1. The average molecular weight is 448 g/mol. The van der Waals surface area contributed by atoms with Crippen molar-refractivity contribution in [3.05, 3.63) is 63.2 Å². The van der Waals surface area contributed by atoms with Crippen molar-refractivity contribution in [1.29, 1.82) is 0 Å². The highest BCUT2D eigenvalue weighted by molar-refractivity contribution is 7.17. The Morgan fingerprint density at radius 2 is 1.90 bits per heavy atom. The minimum Gasteiger partial charge on any atom is -0.368 e. The number of aromatic nitrogens is 2. The SMILES string of the molecule is Cc1nc(Nc2ccc(Cl)cn2)sc1C(=O)N1CCN(c2cccc(Cl)c2)CC1. The number of anilines is 3. The molecule has 0 atom stereocenters. The molecule has 0 radical (unpaired) electrons. The van der Waals surface area contributed by atoms with E-state index >= 15 is 0 Å². The summed E-state index contributed by atoms with van der Waals surface area (Å²) in [4.78, 5) is 26.5. The molecular weight excluding hydrogens is 429 g/mol. The molecule has 0 unspecified atom stereocenters. The number of amides is 1. The normalized spacial score (nSPS) is 14.2. The van der Waals surface area contributed by atoms with E-state index in [1.807, 2.05) is 36.1 Å². The van der Waals surface area contributed by atoms with E-state index in [2.05, 4.69) is 20.2 Å². The number of halogens is 2. The first kappa shape index (κ1) is 19.9. The van der Waals surface area contributed by atoms with Gasteiger partial charge in [0.1, 0.15) is 10.7 Å². The fourth-order valence-corrected chi connectivity index (χ4v) is 4.43. The third kappa shape index (κ3) is 4.63. The number of carbonyl (C=O) groups is 1. The molecule has 1 aliphatic rings. The standard InChI is InChI=1S/C20H19Cl2N5OS/c1-13-18(29-20(24-13)25-17-6-5-15(22)12-23-17)19(28)27-9-7-26(8-10-27)16-4-2-3-14(21)11-16/h2-6,11-12H,7-10H2,1H3,(H,23,24,25). The molecule has 3 aromatic rings. The number of pyridine rings is 1. The quantitative estimate of drug-likeness (QED) is 0.618. The lowest BCUT2D eigenvalue weighted by molar-refractivity contribution is 0.0750. The minimum absolute atomic E-state index is 0.0165. The van der Waals surface area contributed by atoms with Gasteiger partial charge in [0.05, 0.1) is 10.7 Å². The Labute approximate surface area is 183 Å². The summed E-state index contributed by atoms with van der Waals surface area (Å²) in [6.45, 7) is 4.70. The van der Waals surface area contributed by atoms with Crippen LogP contribution in [0.4, 0.5) is 16.6 Å². The molecule has 1 aliphatic heterocycles. The van der Waals surface area contributed by atoms with Crippen LogP contribution in [-0.2, 0) is 0 Å². The van der Waals surface area contributed by atoms with Crippen LogP contribution in [0.2, 0.25) is 10.0 Å². The zero-order chi connectivity index (χ0) is 20.4. The van der Waals surface area contributed by atoms with Gasteiger partial charge in [-0.15, -0.1) is 0 Å². The van der Waals surface area contributed by atoms with Crippen molar-refractivity contribution in [1.82, 2.24) is 14.9 Å². The Balaban J connectivity index is 1.41. The van der Waals surface area contributed by atoms with Crippen LogP contribution in [0, 0.1) is 6.92 Å². The smallest absolute Gasteiger partial charge is 0.266 e. The van der Waals surface area contributed by atoms with Crippen LogP contribution in [0.25, 0.3) is 0 Å². The predicted molar refractivity (Wildman–Crippen MR) is 119 cm³/mol. The van der Waals surface area contributed by atoms with Crippen molar-refractivity contribution in [3.8, 4) is 0 Å². The third-order valence-electron chi connectivity index (χ3n) is 4.69. The van der Waals surface area contributed by atoms with E-state index in [0.717, 1.165) is 23.8 Å². The van der Waals surface area contributed by atoms with Gasteiger partial charge in [-0.2, -0.15) is 0 Å². The van der Waals surface area contributed by atoms with Crippen LogP contribution < -0.4 is 10.2 Å². The highest BCUT2D eigenvalue weighted by atomic mass is 35.5. The van der Waals surface area contributed by atoms with Gasteiger partial charge in [-0.3, -0.25) is 4.79 Å². The lowest BCUT2D eigenvalue weighted by Crippen LogP contribution is -2.48. The molecular formula is C20H19Cl2N5OS. The predicted octanol–water partition coefficient (Wildman–Crippen LogP) is 4.86. The van der Waals surface area contributed by atoms with Gasteiger partial charge in [-0.05, 0) is 37.3 Å². The molecule has 0 saturated carbocycles. The maximum absolute atomic E-state index is 13.0. The van der Waals surface area contributed by atoms with Gasteiger partial charge in [-0.1, -0.05) is 40.6 Å². The van der Waals surface area contributed by atoms with Gasteiger partial charge >= 0.3 is 0 Å². The summed E-state index contributed by atoms with van der Waals surface area (Å²) in [7, 11) is 0. The molecule has 1 aromatic carbocycles. The van der Waals surface area contributed by atoms with Crippen LogP contribution in [0.3, 0.4) is 0 Å². The average Bonchev–Trinajstić information content (AvgIpc) is 3.09. The van der Waals surface area contributed by atoms with E-state index in [4.69, 9.17) is 23.2 Å². The van der Waals surface area contributed by atoms with Crippen LogP contribution >= 0.6 is 34.5 Å². The van der Waals surface area contributed by atoms with Crippen molar-refractivity contribution in [3.63, 3.8) is 0 Å². The molecule has 1 fully saturated rings. The zero-order valence-electron chi connectivity index (χ0n) is 15.7. The molecule has 0 bridgehead atoms. The number of thiazole rings is 1. The van der Waals surface area contributed by atoms with Gasteiger partial charge in [0.15, 0.2) is 5.13 Å². The lowest BCUT2D eigenvalue weighted by Gasteiger charge is -2.36. The lowest BCUT2D eigenvalue weighted by atomic mass is 10.2. The number of nitrogens with zero attached hydrogens (tertiary/aromatic N) is 4. The first-order valence-electron chi connectivity index (χ1n) is 9.15. The fourth-order valence-electron chi connectivity index (χ4n) is 3.19. The van der Waals surface area contributed by atoms with E-state index in [0.29, 0.717) is 39.6 Å². The van der Waals surface area contributed by atoms with E-state index < -0.39 is 0 Å². The fraction of sp³-hybridized carbons (Fsp3) is 0.250. The largest absolute Gasteiger partial charge is 0.368 e. The molecule has 1 amide bonds. The van der Waals surface area contributed by atoms with Gasteiger partial charge in [0, 0.05) is 43.1 Å². The topological polar surface area (TPSA) is 61.4 Å². The number of benzene rings is 1. The third-order valence-corrected chi connectivity index (χ3v) is 6.21. The molecule has 1 saturated heterocycles. The number of hydrogen-bond acceptors (Lipinski definition) is 6. The summed E-state index contributed by atoms with van der Waals surface area (Å²) in [5.41, 5.74) is 1.80. The molecule has 29 heavy (non-hydrogen) atoms. The second kappa shape index (κ2) is 8.57. The summed E-state index contributed by atoms with van der Waals surface area (Å²) in [5.74, 6) is 0.653.